The minimum Gasteiger partial charge on any atom is -0.269 e. The number of halogens is 1. The van der Waals surface area contributed by atoms with Crippen LogP contribution in [0.5, 0.6) is 0 Å². The largest absolute Gasteiger partial charge is 0.269 e. The van der Waals surface area contributed by atoms with Gasteiger partial charge in [-0.2, -0.15) is 0 Å². The van der Waals surface area contributed by atoms with E-state index < -0.39 is 15.9 Å². The molecule has 1 heterocycles. The molecule has 3 aromatic rings. The highest BCUT2D eigenvalue weighted by molar-refractivity contribution is 7.90. The van der Waals surface area contributed by atoms with Gasteiger partial charge in [-0.05, 0) is 58.8 Å². The number of carbonyl (C=O) groups excluding carboxylic acids is 1. The van der Waals surface area contributed by atoms with Crippen molar-refractivity contribution in [2.45, 2.75) is 11.8 Å². The maximum Gasteiger partial charge on any atom is 0.264 e. The number of allylic oxidation sites excluding steroid dienone is 1. The Balaban J connectivity index is 1.81. The number of benzene rings is 2. The van der Waals surface area contributed by atoms with Crippen LogP contribution in [0.15, 0.2) is 65.8 Å². The molecule has 0 aliphatic heterocycles. The number of hydrogen-bond acceptors (Lipinski definition) is 6. The van der Waals surface area contributed by atoms with Gasteiger partial charge in [0, 0.05) is 11.1 Å². The average Bonchev–Trinajstić information content (AvgIpc) is 3.16. The van der Waals surface area contributed by atoms with Gasteiger partial charge in [-0.15, -0.1) is 5.10 Å². The van der Waals surface area contributed by atoms with E-state index in [0.29, 0.717) is 16.3 Å². The van der Waals surface area contributed by atoms with Crippen LogP contribution in [0.4, 0.5) is 0 Å². The topological polar surface area (TPSA) is 107 Å². The van der Waals surface area contributed by atoms with E-state index in [4.69, 9.17) is 11.6 Å². The van der Waals surface area contributed by atoms with E-state index in [0.717, 1.165) is 5.56 Å². The number of aromatic nitrogens is 4. The first kappa shape index (κ1) is 18.7. The van der Waals surface area contributed by atoms with Crippen LogP contribution in [-0.4, -0.2) is 34.5 Å². The van der Waals surface area contributed by atoms with Crippen LogP contribution in [-0.2, 0) is 14.8 Å². The molecule has 0 unspecified atom stereocenters. The Morgan fingerprint density at radius 3 is 2.67 bits per heavy atom. The van der Waals surface area contributed by atoms with Crippen LogP contribution in [0.2, 0.25) is 5.02 Å². The summed E-state index contributed by atoms with van der Waals surface area (Å²) < 4.78 is 28.3. The summed E-state index contributed by atoms with van der Waals surface area (Å²) >= 11 is 5.93. The lowest BCUT2D eigenvalue weighted by atomic mass is 10.1. The minimum absolute atomic E-state index is 0.0855. The quantitative estimate of drug-likeness (QED) is 0.654. The fourth-order valence-electron chi connectivity index (χ4n) is 2.31. The Bertz CT molecular complexity index is 1110. The molecule has 3 rings (SSSR count). The van der Waals surface area contributed by atoms with E-state index in [-0.39, 0.29) is 4.90 Å². The Morgan fingerprint density at radius 1 is 1.19 bits per heavy atom. The molecule has 8 nitrogen and oxygen atoms in total. The Kier molecular flexibility index (Phi) is 5.33. The fourth-order valence-corrected chi connectivity index (χ4v) is 3.47. The lowest BCUT2D eigenvalue weighted by Gasteiger charge is -2.08. The number of hydrogen-bond donors (Lipinski definition) is 1. The zero-order valence-electron chi connectivity index (χ0n) is 14.1. The molecule has 0 radical (unpaired) electrons. The molecule has 2 aromatic carbocycles. The van der Waals surface area contributed by atoms with Crippen LogP contribution in [0.3, 0.4) is 0 Å². The molecule has 10 heteroatoms. The number of sulfonamides is 1. The van der Waals surface area contributed by atoms with Crippen LogP contribution >= 0.6 is 11.6 Å². The summed E-state index contributed by atoms with van der Waals surface area (Å²) in [4.78, 5) is 12.1. The van der Waals surface area contributed by atoms with Crippen LogP contribution in [0.25, 0.3) is 11.3 Å². The molecule has 0 aliphatic carbocycles. The summed E-state index contributed by atoms with van der Waals surface area (Å²) in [5, 5.41) is 11.2. The maximum atomic E-state index is 12.5. The summed E-state index contributed by atoms with van der Waals surface area (Å²) in [5.74, 6) is -0.764. The second-order valence-corrected chi connectivity index (χ2v) is 7.68. The zero-order chi connectivity index (χ0) is 19.4. The molecule has 0 spiro atoms. The number of nitrogens with one attached hydrogen (secondary N) is 1. The number of tetrazole rings is 1. The standard InChI is InChI=1S/C17H14ClN5O3S/c1-12(13-4-2-5-14(18)9-13)8-17(24)20-27(25,26)16-7-3-6-15(10-16)23-11-19-21-22-23/h2-11H,1H3,(H,20,24). The zero-order valence-corrected chi connectivity index (χ0v) is 15.6. The summed E-state index contributed by atoms with van der Waals surface area (Å²) in [6.45, 7) is 1.69. The van der Waals surface area contributed by atoms with Crippen molar-refractivity contribution in [1.29, 1.82) is 0 Å². The van der Waals surface area contributed by atoms with Gasteiger partial charge in [0.15, 0.2) is 0 Å². The molecule has 0 atom stereocenters. The lowest BCUT2D eigenvalue weighted by molar-refractivity contribution is -0.114. The fraction of sp³-hybridized carbons (Fsp3) is 0.0588. The van der Waals surface area contributed by atoms with Gasteiger partial charge in [-0.25, -0.2) is 17.8 Å². The van der Waals surface area contributed by atoms with Crippen LogP contribution in [0.1, 0.15) is 12.5 Å². The molecule has 0 saturated carbocycles. The van der Waals surface area contributed by atoms with Crippen molar-refractivity contribution in [3.8, 4) is 5.69 Å². The van der Waals surface area contributed by atoms with E-state index in [1.54, 1.807) is 37.3 Å². The Morgan fingerprint density at radius 2 is 1.96 bits per heavy atom. The van der Waals surface area contributed by atoms with Crippen molar-refractivity contribution < 1.29 is 13.2 Å². The highest BCUT2D eigenvalue weighted by Crippen LogP contribution is 2.18. The van der Waals surface area contributed by atoms with Gasteiger partial charge in [0.2, 0.25) is 0 Å². The predicted molar refractivity (Wildman–Crippen MR) is 99.6 cm³/mol. The van der Waals surface area contributed by atoms with Crippen molar-refractivity contribution in [2.75, 3.05) is 0 Å². The highest BCUT2D eigenvalue weighted by atomic mass is 35.5. The molecule has 0 bridgehead atoms. The van der Waals surface area contributed by atoms with Crippen LogP contribution < -0.4 is 4.72 Å². The predicted octanol–water partition coefficient (Wildman–Crippen LogP) is 2.22. The maximum absolute atomic E-state index is 12.5. The normalized spacial score (nSPS) is 12.0. The third-order valence-electron chi connectivity index (χ3n) is 3.60. The summed E-state index contributed by atoms with van der Waals surface area (Å²) in [5.41, 5.74) is 1.74. The van der Waals surface area contributed by atoms with E-state index in [1.165, 1.54) is 35.3 Å². The second-order valence-electron chi connectivity index (χ2n) is 5.56. The van der Waals surface area contributed by atoms with E-state index in [2.05, 4.69) is 15.5 Å². The van der Waals surface area contributed by atoms with Crippen molar-refractivity contribution in [2.24, 2.45) is 0 Å². The lowest BCUT2D eigenvalue weighted by Crippen LogP contribution is -2.29. The molecule has 138 valence electrons. The van der Waals surface area contributed by atoms with Gasteiger partial charge in [0.25, 0.3) is 15.9 Å². The molecular formula is C17H14ClN5O3S. The van der Waals surface area contributed by atoms with E-state index >= 15 is 0 Å². The summed E-state index contributed by atoms with van der Waals surface area (Å²) in [7, 11) is -4.06. The van der Waals surface area contributed by atoms with Gasteiger partial charge in [0.05, 0.1) is 10.6 Å². The van der Waals surface area contributed by atoms with Crippen LogP contribution in [0, 0.1) is 0 Å². The van der Waals surface area contributed by atoms with E-state index in [1.807, 2.05) is 4.72 Å². The number of carbonyl (C=O) groups is 1. The van der Waals surface area contributed by atoms with Gasteiger partial charge in [-0.3, -0.25) is 4.79 Å². The molecule has 27 heavy (non-hydrogen) atoms. The second kappa shape index (κ2) is 7.68. The van der Waals surface area contributed by atoms with Gasteiger partial charge in [0.1, 0.15) is 6.33 Å². The SMILES string of the molecule is CC(=CC(=O)NS(=O)(=O)c1cccc(-n2cnnn2)c1)c1cccc(Cl)c1. The van der Waals surface area contributed by atoms with Crippen molar-refractivity contribution in [3.63, 3.8) is 0 Å². The van der Waals surface area contributed by atoms with Crippen molar-refractivity contribution in [1.82, 2.24) is 24.9 Å². The highest BCUT2D eigenvalue weighted by Gasteiger charge is 2.17. The molecule has 1 N–H and O–H groups in total. The Hall–Kier alpha value is -3.04. The molecule has 0 saturated heterocycles. The average molecular weight is 404 g/mol. The molecule has 1 aromatic heterocycles. The third-order valence-corrected chi connectivity index (χ3v) is 5.18. The molecule has 0 fully saturated rings. The first-order chi connectivity index (χ1) is 12.8. The number of rotatable bonds is 5. The Labute approximate surface area is 160 Å². The third kappa shape index (κ3) is 4.57. The van der Waals surface area contributed by atoms with E-state index in [9.17, 15) is 13.2 Å². The number of amides is 1. The molecule has 1 amide bonds. The summed E-state index contributed by atoms with van der Waals surface area (Å²) in [6, 6.07) is 12.8. The first-order valence-electron chi connectivity index (χ1n) is 7.69. The van der Waals surface area contributed by atoms with Gasteiger partial charge in [-0.1, -0.05) is 29.8 Å². The smallest absolute Gasteiger partial charge is 0.264 e. The number of nitrogens with zero attached hydrogens (tertiary/aromatic N) is 4. The van der Waals surface area contributed by atoms with Crippen molar-refractivity contribution >= 4 is 33.1 Å². The van der Waals surface area contributed by atoms with Gasteiger partial charge >= 0.3 is 0 Å². The monoisotopic (exact) mass is 403 g/mol. The molecular weight excluding hydrogens is 390 g/mol. The minimum atomic E-state index is -4.06. The summed E-state index contributed by atoms with van der Waals surface area (Å²) in [6.07, 6.45) is 2.54. The van der Waals surface area contributed by atoms with Gasteiger partial charge < -0.3 is 0 Å². The molecule has 0 aliphatic rings. The first-order valence-corrected chi connectivity index (χ1v) is 9.56. The van der Waals surface area contributed by atoms with Crippen molar-refractivity contribution in [3.05, 3.63) is 71.5 Å².